The summed E-state index contributed by atoms with van der Waals surface area (Å²) in [5, 5.41) is 10.2. The van der Waals surface area contributed by atoms with E-state index in [0.717, 1.165) is 0 Å². The van der Waals surface area contributed by atoms with Gasteiger partial charge in [-0.1, -0.05) is 5.46 Å². The number of aliphatic imine (C=N–C) groups is 2. The van der Waals surface area contributed by atoms with Crippen molar-refractivity contribution in [1.82, 2.24) is 10.3 Å². The lowest BCUT2D eigenvalue weighted by Crippen LogP contribution is -2.24. The molecule has 23 heavy (non-hydrogen) atoms. The lowest BCUT2D eigenvalue weighted by molar-refractivity contribution is 0.308. The SMILES string of the molecule is [B]c1cc(N=C(N)c2nonc2NCCN=C(N)N)ccc1F. The number of halogens is 1. The summed E-state index contributed by atoms with van der Waals surface area (Å²) in [5.41, 5.74) is 16.8. The van der Waals surface area contributed by atoms with E-state index in [9.17, 15) is 4.39 Å². The number of nitrogens with zero attached hydrogens (tertiary/aromatic N) is 4. The van der Waals surface area contributed by atoms with Crippen molar-refractivity contribution >= 4 is 36.6 Å². The summed E-state index contributed by atoms with van der Waals surface area (Å²) in [6.07, 6.45) is 0. The quantitative estimate of drug-likeness (QED) is 0.224. The van der Waals surface area contributed by atoms with Gasteiger partial charge in [0.2, 0.25) is 5.82 Å². The Bertz CT molecular complexity index is 740. The predicted molar refractivity (Wildman–Crippen MR) is 85.6 cm³/mol. The third-order valence-corrected chi connectivity index (χ3v) is 2.66. The maximum absolute atomic E-state index is 13.1. The fraction of sp³-hybridized carbons (Fsp3) is 0.167. The molecule has 0 aliphatic heterocycles. The normalized spacial score (nSPS) is 11.3. The molecular weight excluding hydrogens is 302 g/mol. The molecule has 0 fully saturated rings. The van der Waals surface area contributed by atoms with Crippen LogP contribution in [0.4, 0.5) is 15.9 Å². The summed E-state index contributed by atoms with van der Waals surface area (Å²) >= 11 is 0. The second-order valence-corrected chi connectivity index (χ2v) is 4.40. The molecule has 0 amide bonds. The first-order valence-electron chi connectivity index (χ1n) is 6.48. The number of anilines is 1. The van der Waals surface area contributed by atoms with Crippen LogP contribution in [0, 0.1) is 5.82 Å². The van der Waals surface area contributed by atoms with E-state index in [2.05, 4.69) is 30.2 Å². The molecule has 7 N–H and O–H groups in total. The van der Waals surface area contributed by atoms with Gasteiger partial charge in [0, 0.05) is 6.54 Å². The van der Waals surface area contributed by atoms with Crippen LogP contribution in [0.15, 0.2) is 32.8 Å². The molecule has 0 aliphatic rings. The molecule has 0 unspecified atom stereocenters. The molecule has 2 aromatic rings. The van der Waals surface area contributed by atoms with E-state index in [-0.39, 0.29) is 28.8 Å². The molecule has 118 valence electrons. The highest BCUT2D eigenvalue weighted by Gasteiger charge is 2.13. The van der Waals surface area contributed by atoms with Crippen molar-refractivity contribution in [3.8, 4) is 0 Å². The van der Waals surface area contributed by atoms with Crippen LogP contribution >= 0.6 is 0 Å². The fourth-order valence-electron chi connectivity index (χ4n) is 1.62. The predicted octanol–water partition coefficient (Wildman–Crippen LogP) is -1.28. The minimum atomic E-state index is -0.535. The van der Waals surface area contributed by atoms with Gasteiger partial charge in [-0.05, 0) is 28.5 Å². The molecule has 2 radical (unpaired) electrons. The number of hydrogen-bond donors (Lipinski definition) is 4. The highest BCUT2D eigenvalue weighted by atomic mass is 19.1. The van der Waals surface area contributed by atoms with Gasteiger partial charge in [0.15, 0.2) is 17.5 Å². The highest BCUT2D eigenvalue weighted by Crippen LogP contribution is 2.14. The zero-order valence-corrected chi connectivity index (χ0v) is 12.0. The third-order valence-electron chi connectivity index (χ3n) is 2.66. The molecule has 2 rings (SSSR count). The van der Waals surface area contributed by atoms with E-state index in [1.165, 1.54) is 18.2 Å². The van der Waals surface area contributed by atoms with Crippen molar-refractivity contribution in [2.75, 3.05) is 18.4 Å². The Kier molecular flexibility index (Phi) is 5.13. The summed E-state index contributed by atoms with van der Waals surface area (Å²) in [6.45, 7) is 0.718. The van der Waals surface area contributed by atoms with Crippen LogP contribution in [0.3, 0.4) is 0 Å². The average Bonchev–Trinajstić information content (AvgIpc) is 2.96. The van der Waals surface area contributed by atoms with Gasteiger partial charge in [0.25, 0.3) is 0 Å². The molecule has 1 aromatic heterocycles. The summed E-state index contributed by atoms with van der Waals surface area (Å²) in [4.78, 5) is 7.90. The van der Waals surface area contributed by atoms with Gasteiger partial charge in [0.05, 0.1) is 12.2 Å². The van der Waals surface area contributed by atoms with Gasteiger partial charge in [-0.25, -0.2) is 14.0 Å². The van der Waals surface area contributed by atoms with Crippen molar-refractivity contribution in [3.63, 3.8) is 0 Å². The van der Waals surface area contributed by atoms with Crippen LogP contribution in [0.25, 0.3) is 0 Å². The number of nitrogens with two attached hydrogens (primary N) is 3. The molecule has 0 aliphatic carbocycles. The summed E-state index contributed by atoms with van der Waals surface area (Å²) in [5.74, 6) is -0.235. The molecule has 1 aromatic carbocycles. The second kappa shape index (κ2) is 7.25. The fourth-order valence-corrected chi connectivity index (χ4v) is 1.62. The van der Waals surface area contributed by atoms with Gasteiger partial charge >= 0.3 is 0 Å². The largest absolute Gasteiger partial charge is 0.382 e. The third kappa shape index (κ3) is 4.43. The van der Waals surface area contributed by atoms with Gasteiger partial charge in [-0.15, -0.1) is 0 Å². The number of amidine groups is 1. The first-order chi connectivity index (χ1) is 11.0. The molecular formula is C12H14BFN8O. The first-order valence-corrected chi connectivity index (χ1v) is 6.48. The minimum Gasteiger partial charge on any atom is -0.382 e. The van der Waals surface area contributed by atoms with Crippen LogP contribution in [0.5, 0.6) is 0 Å². The maximum Gasteiger partial charge on any atom is 0.202 e. The van der Waals surface area contributed by atoms with Crippen molar-refractivity contribution < 1.29 is 9.02 Å². The Morgan fingerprint density at radius 2 is 2.09 bits per heavy atom. The first kappa shape index (κ1) is 16.3. The number of benzene rings is 1. The Hall–Kier alpha value is -3.11. The molecule has 9 nitrogen and oxygen atoms in total. The van der Waals surface area contributed by atoms with Crippen LogP contribution in [0.1, 0.15) is 5.69 Å². The molecule has 0 spiro atoms. The van der Waals surface area contributed by atoms with Crippen molar-refractivity contribution in [3.05, 3.63) is 29.7 Å². The molecule has 11 heteroatoms. The Balaban J connectivity index is 2.11. The maximum atomic E-state index is 13.1. The monoisotopic (exact) mass is 316 g/mol. The second-order valence-electron chi connectivity index (χ2n) is 4.40. The van der Waals surface area contributed by atoms with E-state index in [0.29, 0.717) is 18.8 Å². The van der Waals surface area contributed by atoms with E-state index < -0.39 is 5.82 Å². The van der Waals surface area contributed by atoms with E-state index in [4.69, 9.17) is 25.0 Å². The molecule has 0 atom stereocenters. The van der Waals surface area contributed by atoms with Crippen LogP contribution in [0.2, 0.25) is 0 Å². The molecule has 0 saturated heterocycles. The number of aromatic nitrogens is 2. The van der Waals surface area contributed by atoms with Crippen molar-refractivity contribution in [1.29, 1.82) is 0 Å². The highest BCUT2D eigenvalue weighted by molar-refractivity contribution is 6.32. The topological polar surface area (TPSA) is 154 Å². The Labute approximate surface area is 132 Å². The number of hydrogen-bond acceptors (Lipinski definition) is 6. The van der Waals surface area contributed by atoms with E-state index in [1.807, 2.05) is 0 Å². The number of nitrogens with one attached hydrogen (secondary N) is 1. The lowest BCUT2D eigenvalue weighted by atomic mass is 9.95. The van der Waals surface area contributed by atoms with E-state index >= 15 is 0 Å². The van der Waals surface area contributed by atoms with Gasteiger partial charge in [-0.2, -0.15) is 0 Å². The number of rotatable bonds is 6. The van der Waals surface area contributed by atoms with Crippen molar-refractivity contribution in [2.45, 2.75) is 0 Å². The summed E-state index contributed by atoms with van der Waals surface area (Å²) < 4.78 is 17.8. The minimum absolute atomic E-state index is 0.0136. The lowest BCUT2D eigenvalue weighted by Gasteiger charge is -2.03. The molecule has 1 heterocycles. The smallest absolute Gasteiger partial charge is 0.202 e. The standard InChI is InChI=1S/C12H14BFN8O/c13-7-5-6(1-2-8(7)14)20-10(15)9-11(22-23-21-9)18-3-4-19-12(16)17/h1-2,5H,3-4H2,(H2,15,20)(H,18,22)(H4,16,17,19). The Morgan fingerprint density at radius 1 is 1.30 bits per heavy atom. The van der Waals surface area contributed by atoms with Gasteiger partial charge in [0.1, 0.15) is 13.7 Å². The Morgan fingerprint density at radius 3 is 2.78 bits per heavy atom. The van der Waals surface area contributed by atoms with Crippen LogP contribution < -0.4 is 28.0 Å². The zero-order chi connectivity index (χ0) is 16.8. The molecule has 0 saturated carbocycles. The average molecular weight is 316 g/mol. The van der Waals surface area contributed by atoms with Crippen molar-refractivity contribution in [2.24, 2.45) is 27.2 Å². The van der Waals surface area contributed by atoms with E-state index in [1.54, 1.807) is 0 Å². The molecule has 0 bridgehead atoms. The zero-order valence-electron chi connectivity index (χ0n) is 12.0. The van der Waals surface area contributed by atoms with Crippen LogP contribution in [-0.2, 0) is 0 Å². The summed E-state index contributed by atoms with van der Waals surface area (Å²) in [6, 6.07) is 3.97. The van der Waals surface area contributed by atoms with Crippen LogP contribution in [-0.4, -0.2) is 43.0 Å². The summed E-state index contributed by atoms with van der Waals surface area (Å²) in [7, 11) is 5.47. The van der Waals surface area contributed by atoms with Gasteiger partial charge < -0.3 is 22.5 Å². The number of guanidine groups is 1. The van der Waals surface area contributed by atoms with Gasteiger partial charge in [-0.3, -0.25) is 4.99 Å².